The SMILES string of the molecule is CCS(=O)(=O)c1ccc(-c2nnc(NC(=O)c3ccc(S(=O)(=O)N4CCOCC4)cc3)o2)cc1. The summed E-state index contributed by atoms with van der Waals surface area (Å²) in [5, 5.41) is 10.1. The monoisotopic (exact) mass is 506 g/mol. The van der Waals surface area contributed by atoms with E-state index < -0.39 is 25.8 Å². The summed E-state index contributed by atoms with van der Waals surface area (Å²) in [5.41, 5.74) is 0.690. The van der Waals surface area contributed by atoms with Gasteiger partial charge in [0.2, 0.25) is 15.9 Å². The van der Waals surface area contributed by atoms with Crippen molar-refractivity contribution >= 4 is 31.8 Å². The number of anilines is 1. The molecule has 3 aromatic rings. The lowest BCUT2D eigenvalue weighted by Gasteiger charge is -2.26. The average Bonchev–Trinajstić information content (AvgIpc) is 3.33. The van der Waals surface area contributed by atoms with Crippen molar-refractivity contribution in [2.45, 2.75) is 16.7 Å². The molecule has 0 radical (unpaired) electrons. The third-order valence-corrected chi connectivity index (χ3v) is 8.87. The van der Waals surface area contributed by atoms with E-state index in [-0.39, 0.29) is 46.1 Å². The van der Waals surface area contributed by atoms with Crippen molar-refractivity contribution in [2.24, 2.45) is 0 Å². The van der Waals surface area contributed by atoms with Gasteiger partial charge in [-0.2, -0.15) is 4.31 Å². The standard InChI is InChI=1S/C21H22N4O7S2/c1-2-33(27,28)17-7-5-16(6-8-17)20-23-24-21(32-20)22-19(26)15-3-9-18(10-4-15)34(29,30)25-11-13-31-14-12-25/h3-10H,2,11-14H2,1H3,(H,22,24,26). The van der Waals surface area contributed by atoms with Crippen LogP contribution >= 0.6 is 0 Å². The zero-order valence-corrected chi connectivity index (χ0v) is 19.8. The summed E-state index contributed by atoms with van der Waals surface area (Å²) in [5.74, 6) is -0.471. The molecule has 2 aromatic carbocycles. The fourth-order valence-electron chi connectivity index (χ4n) is 3.25. The van der Waals surface area contributed by atoms with Crippen LogP contribution in [0.25, 0.3) is 11.5 Å². The van der Waals surface area contributed by atoms with E-state index in [2.05, 4.69) is 15.5 Å². The van der Waals surface area contributed by atoms with Gasteiger partial charge in [0, 0.05) is 24.2 Å². The maximum absolute atomic E-state index is 12.7. The molecule has 0 unspecified atom stereocenters. The van der Waals surface area contributed by atoms with Crippen molar-refractivity contribution in [3.8, 4) is 11.5 Å². The Bertz CT molecular complexity index is 1380. The molecule has 1 saturated heterocycles. The summed E-state index contributed by atoms with van der Waals surface area (Å²) in [6.07, 6.45) is 0. The minimum absolute atomic E-state index is 0.0107. The number of benzene rings is 2. The normalized spacial score (nSPS) is 15.2. The van der Waals surface area contributed by atoms with Gasteiger partial charge in [0.15, 0.2) is 9.84 Å². The quantitative estimate of drug-likeness (QED) is 0.506. The molecule has 1 fully saturated rings. The van der Waals surface area contributed by atoms with Crippen LogP contribution in [0.1, 0.15) is 17.3 Å². The fraction of sp³-hybridized carbons (Fsp3) is 0.286. The van der Waals surface area contributed by atoms with Crippen LogP contribution < -0.4 is 5.32 Å². The highest BCUT2D eigenvalue weighted by Crippen LogP contribution is 2.23. The molecule has 180 valence electrons. The van der Waals surface area contributed by atoms with E-state index in [4.69, 9.17) is 9.15 Å². The molecular formula is C21H22N4O7S2. The Labute approximate surface area is 196 Å². The molecule has 0 spiro atoms. The lowest BCUT2D eigenvalue weighted by atomic mass is 10.2. The molecular weight excluding hydrogens is 484 g/mol. The van der Waals surface area contributed by atoms with Crippen LogP contribution in [0.4, 0.5) is 6.01 Å². The van der Waals surface area contributed by atoms with Crippen LogP contribution in [-0.4, -0.2) is 69.3 Å². The van der Waals surface area contributed by atoms with Crippen LogP contribution in [0.15, 0.2) is 62.7 Å². The van der Waals surface area contributed by atoms with Gasteiger partial charge in [-0.15, -0.1) is 5.10 Å². The number of morpholine rings is 1. The van der Waals surface area contributed by atoms with Crippen LogP contribution in [-0.2, 0) is 24.6 Å². The predicted octanol–water partition coefficient (Wildman–Crippen LogP) is 1.80. The fourth-order valence-corrected chi connectivity index (χ4v) is 5.54. The van der Waals surface area contributed by atoms with Gasteiger partial charge in [-0.05, 0) is 48.5 Å². The highest BCUT2D eigenvalue weighted by Gasteiger charge is 2.26. The van der Waals surface area contributed by atoms with E-state index in [1.807, 2.05) is 0 Å². The first-order chi connectivity index (χ1) is 16.2. The summed E-state index contributed by atoms with van der Waals surface area (Å²) in [4.78, 5) is 12.8. The number of nitrogens with one attached hydrogen (secondary N) is 1. The van der Waals surface area contributed by atoms with Gasteiger partial charge in [0.1, 0.15) is 0 Å². The molecule has 0 saturated carbocycles. The number of amides is 1. The van der Waals surface area contributed by atoms with Gasteiger partial charge in [-0.1, -0.05) is 12.0 Å². The van der Waals surface area contributed by atoms with E-state index in [0.29, 0.717) is 18.8 Å². The van der Waals surface area contributed by atoms with Gasteiger partial charge in [0.25, 0.3) is 5.91 Å². The summed E-state index contributed by atoms with van der Waals surface area (Å²) in [6, 6.07) is 11.3. The van der Waals surface area contributed by atoms with Gasteiger partial charge in [-0.25, -0.2) is 16.8 Å². The zero-order valence-electron chi connectivity index (χ0n) is 18.2. The number of carbonyl (C=O) groups is 1. The summed E-state index contributed by atoms with van der Waals surface area (Å²) >= 11 is 0. The highest BCUT2D eigenvalue weighted by atomic mass is 32.2. The average molecular weight is 507 g/mol. The Balaban J connectivity index is 1.44. The molecule has 0 atom stereocenters. The third kappa shape index (κ3) is 5.01. The maximum atomic E-state index is 12.7. The van der Waals surface area contributed by atoms with E-state index in [0.717, 1.165) is 0 Å². The minimum atomic E-state index is -3.66. The number of hydrogen-bond donors (Lipinski definition) is 1. The molecule has 4 rings (SSSR count). The van der Waals surface area contributed by atoms with Crippen LogP contribution in [0.2, 0.25) is 0 Å². The van der Waals surface area contributed by atoms with Crippen LogP contribution in [0.3, 0.4) is 0 Å². The Morgan fingerprint density at radius 1 is 0.941 bits per heavy atom. The predicted molar refractivity (Wildman–Crippen MR) is 121 cm³/mol. The van der Waals surface area contributed by atoms with E-state index in [1.165, 1.54) is 52.8 Å². The topological polar surface area (TPSA) is 149 Å². The van der Waals surface area contributed by atoms with Gasteiger partial charge in [0.05, 0.1) is 28.8 Å². The van der Waals surface area contributed by atoms with E-state index in [1.54, 1.807) is 6.92 Å². The highest BCUT2D eigenvalue weighted by molar-refractivity contribution is 7.91. The first kappa shape index (κ1) is 24.0. The molecule has 34 heavy (non-hydrogen) atoms. The molecule has 1 aromatic heterocycles. The molecule has 1 N–H and O–H groups in total. The lowest BCUT2D eigenvalue weighted by molar-refractivity contribution is 0.0730. The molecule has 1 aliphatic rings. The smallest absolute Gasteiger partial charge is 0.322 e. The molecule has 13 heteroatoms. The number of rotatable bonds is 7. The van der Waals surface area contributed by atoms with Crippen LogP contribution in [0.5, 0.6) is 0 Å². The Kier molecular flexibility index (Phi) is 6.79. The van der Waals surface area contributed by atoms with Crippen molar-refractivity contribution < 1.29 is 30.8 Å². The Morgan fingerprint density at radius 2 is 1.56 bits per heavy atom. The second kappa shape index (κ2) is 9.62. The number of hydrogen-bond acceptors (Lipinski definition) is 9. The third-order valence-electron chi connectivity index (χ3n) is 5.21. The maximum Gasteiger partial charge on any atom is 0.322 e. The molecule has 1 aliphatic heterocycles. The minimum Gasteiger partial charge on any atom is -0.403 e. The molecule has 0 bridgehead atoms. The number of ether oxygens (including phenoxy) is 1. The van der Waals surface area contributed by atoms with E-state index in [9.17, 15) is 21.6 Å². The van der Waals surface area contributed by atoms with Crippen molar-refractivity contribution in [1.82, 2.24) is 14.5 Å². The zero-order chi connectivity index (χ0) is 24.3. The molecule has 0 aliphatic carbocycles. The second-order valence-corrected chi connectivity index (χ2v) is 11.6. The number of nitrogens with zero attached hydrogens (tertiary/aromatic N) is 3. The van der Waals surface area contributed by atoms with Gasteiger partial charge in [-0.3, -0.25) is 10.1 Å². The number of aromatic nitrogens is 2. The van der Waals surface area contributed by atoms with Gasteiger partial charge >= 0.3 is 6.01 Å². The van der Waals surface area contributed by atoms with Crippen LogP contribution in [0, 0.1) is 0 Å². The van der Waals surface area contributed by atoms with Crippen molar-refractivity contribution in [1.29, 1.82) is 0 Å². The summed E-state index contributed by atoms with van der Waals surface area (Å²) < 4.78 is 61.2. The Hall–Kier alpha value is -3.13. The first-order valence-electron chi connectivity index (χ1n) is 10.4. The van der Waals surface area contributed by atoms with Crippen molar-refractivity contribution in [3.05, 3.63) is 54.1 Å². The molecule has 2 heterocycles. The number of sulfone groups is 1. The Morgan fingerprint density at radius 3 is 2.18 bits per heavy atom. The lowest BCUT2D eigenvalue weighted by Crippen LogP contribution is -2.40. The number of carbonyl (C=O) groups excluding carboxylic acids is 1. The second-order valence-electron chi connectivity index (χ2n) is 7.34. The van der Waals surface area contributed by atoms with E-state index >= 15 is 0 Å². The van der Waals surface area contributed by atoms with Crippen molar-refractivity contribution in [3.63, 3.8) is 0 Å². The molecule has 11 nitrogen and oxygen atoms in total. The molecule has 1 amide bonds. The summed E-state index contributed by atoms with van der Waals surface area (Å²) in [6.45, 7) is 2.80. The summed E-state index contributed by atoms with van der Waals surface area (Å²) in [7, 11) is -6.99. The number of sulfonamides is 1. The first-order valence-corrected chi connectivity index (χ1v) is 13.5. The van der Waals surface area contributed by atoms with Crippen molar-refractivity contribution in [2.75, 3.05) is 37.4 Å². The largest absolute Gasteiger partial charge is 0.403 e. The van der Waals surface area contributed by atoms with Gasteiger partial charge < -0.3 is 9.15 Å².